The van der Waals surface area contributed by atoms with Gasteiger partial charge in [-0.05, 0) is 49.4 Å². The van der Waals surface area contributed by atoms with E-state index in [0.29, 0.717) is 11.2 Å². The minimum absolute atomic E-state index is 0.0423. The van der Waals surface area contributed by atoms with Crippen LogP contribution >= 0.6 is 11.8 Å². The number of thioether (sulfide) groups is 1. The van der Waals surface area contributed by atoms with E-state index in [0.717, 1.165) is 60.8 Å². The van der Waals surface area contributed by atoms with Gasteiger partial charge in [-0.1, -0.05) is 19.1 Å². The zero-order valence-corrected chi connectivity index (χ0v) is 19.2. The molecule has 2 aliphatic rings. The van der Waals surface area contributed by atoms with Crippen molar-refractivity contribution in [1.29, 1.82) is 0 Å². The van der Waals surface area contributed by atoms with Gasteiger partial charge in [0.05, 0.1) is 17.4 Å². The molecule has 8 heteroatoms. The topological polar surface area (TPSA) is 86.8 Å². The van der Waals surface area contributed by atoms with Gasteiger partial charge in [0, 0.05) is 47.2 Å². The van der Waals surface area contributed by atoms with E-state index in [1.165, 1.54) is 5.56 Å². The van der Waals surface area contributed by atoms with Gasteiger partial charge in [-0.25, -0.2) is 0 Å². The van der Waals surface area contributed by atoms with Crippen LogP contribution in [-0.4, -0.2) is 49.8 Å². The number of fused-ring (bicyclic) bond motifs is 1. The fourth-order valence-electron chi connectivity index (χ4n) is 4.99. The van der Waals surface area contributed by atoms with Crippen molar-refractivity contribution in [3.63, 3.8) is 0 Å². The van der Waals surface area contributed by atoms with Crippen LogP contribution in [0.25, 0.3) is 11.4 Å². The number of likely N-dealkylation sites (tertiary alicyclic amines) is 1. The van der Waals surface area contributed by atoms with E-state index >= 15 is 0 Å². The Morgan fingerprint density at radius 2 is 2.06 bits per heavy atom. The number of carbonyl (C=O) groups excluding carboxylic acids is 1. The van der Waals surface area contributed by atoms with Crippen molar-refractivity contribution in [1.82, 2.24) is 25.1 Å². The average Bonchev–Trinajstić information content (AvgIpc) is 3.18. The van der Waals surface area contributed by atoms with E-state index in [1.54, 1.807) is 0 Å². The number of pyridine rings is 2. The summed E-state index contributed by atoms with van der Waals surface area (Å²) < 4.78 is 0. The Hall–Kier alpha value is -2.87. The predicted molar refractivity (Wildman–Crippen MR) is 127 cm³/mol. The molecule has 3 aromatic rings. The Labute approximate surface area is 192 Å². The molecule has 32 heavy (non-hydrogen) atoms. The van der Waals surface area contributed by atoms with Crippen molar-refractivity contribution in [2.45, 2.75) is 43.2 Å². The zero-order chi connectivity index (χ0) is 22.1. The molecule has 5 heterocycles. The van der Waals surface area contributed by atoms with Crippen molar-refractivity contribution in [3.05, 3.63) is 59.5 Å². The van der Waals surface area contributed by atoms with Crippen molar-refractivity contribution in [2.75, 3.05) is 18.4 Å². The van der Waals surface area contributed by atoms with E-state index < -0.39 is 0 Å². The summed E-state index contributed by atoms with van der Waals surface area (Å²) in [5.74, 6) is 1.33. The van der Waals surface area contributed by atoms with Gasteiger partial charge in [0.2, 0.25) is 6.41 Å². The molecule has 2 aliphatic heterocycles. The molecule has 166 valence electrons. The highest BCUT2D eigenvalue weighted by Crippen LogP contribution is 2.51. The minimum Gasteiger partial charge on any atom is -0.367 e. The maximum Gasteiger partial charge on any atom is 0.210 e. The maximum absolute atomic E-state index is 11.9. The highest BCUT2D eigenvalue weighted by atomic mass is 32.2. The second-order valence-corrected chi connectivity index (χ2v) is 10.2. The number of anilines is 1. The number of piperidine rings is 1. The highest BCUT2D eigenvalue weighted by molar-refractivity contribution is 8.00. The molecule has 1 saturated heterocycles. The summed E-state index contributed by atoms with van der Waals surface area (Å²) in [4.78, 5) is 22.9. The molecule has 2 N–H and O–H groups in total. The van der Waals surface area contributed by atoms with Crippen LogP contribution in [0.1, 0.15) is 47.9 Å². The van der Waals surface area contributed by atoms with Crippen LogP contribution in [0.5, 0.6) is 0 Å². The molecule has 5 rings (SSSR count). The molecule has 1 fully saturated rings. The summed E-state index contributed by atoms with van der Waals surface area (Å²) in [6, 6.07) is 10.1. The molecule has 3 aromatic heterocycles. The summed E-state index contributed by atoms with van der Waals surface area (Å²) in [5.41, 5.74) is 5.25. The number of carbonyl (C=O) groups is 1. The first-order chi connectivity index (χ1) is 15.7. The number of hydrogen-bond donors (Lipinski definition) is 2. The van der Waals surface area contributed by atoms with Crippen molar-refractivity contribution in [3.8, 4) is 11.4 Å². The minimum atomic E-state index is 0.0423. The number of aromatic amines is 1. The largest absolute Gasteiger partial charge is 0.367 e. The van der Waals surface area contributed by atoms with Gasteiger partial charge in [-0.15, -0.1) is 11.8 Å². The van der Waals surface area contributed by atoms with Crippen LogP contribution in [-0.2, 0) is 4.79 Å². The summed E-state index contributed by atoms with van der Waals surface area (Å²) >= 11 is 2.01. The van der Waals surface area contributed by atoms with Crippen molar-refractivity contribution < 1.29 is 4.79 Å². The number of nitrogens with zero attached hydrogens (tertiary/aromatic N) is 4. The van der Waals surface area contributed by atoms with Gasteiger partial charge in [-0.2, -0.15) is 5.10 Å². The smallest absolute Gasteiger partial charge is 0.210 e. The van der Waals surface area contributed by atoms with Crippen LogP contribution in [0.15, 0.2) is 42.7 Å². The van der Waals surface area contributed by atoms with Crippen LogP contribution < -0.4 is 5.32 Å². The Kier molecular flexibility index (Phi) is 5.87. The third-order valence-electron chi connectivity index (χ3n) is 6.60. The molecule has 0 saturated carbocycles. The van der Waals surface area contributed by atoms with Gasteiger partial charge < -0.3 is 10.2 Å². The van der Waals surface area contributed by atoms with E-state index in [2.05, 4.69) is 38.5 Å². The first kappa shape index (κ1) is 21.0. The number of aryl methyl sites for hydroxylation is 1. The van der Waals surface area contributed by atoms with Gasteiger partial charge in [0.25, 0.3) is 0 Å². The third-order valence-corrected chi connectivity index (χ3v) is 8.15. The van der Waals surface area contributed by atoms with Crippen molar-refractivity contribution >= 4 is 24.0 Å². The van der Waals surface area contributed by atoms with Gasteiger partial charge in [-0.3, -0.25) is 19.9 Å². The van der Waals surface area contributed by atoms with Crippen LogP contribution in [0.4, 0.5) is 5.82 Å². The summed E-state index contributed by atoms with van der Waals surface area (Å²) in [7, 11) is 0. The standard InChI is InChI=1S/C24H28N6OS/c1-15-13-27-24-21(22(28-29-24)19-7-3-4-9-26-19)23(32-15)17-8-11-30(14-31)20(12-17)18-6-5-10-25-16(18)2/h3-7,9-10,14-15,17,20,23H,8,11-13H2,1-2H3,(H2,27,28,29). The van der Waals surface area contributed by atoms with Gasteiger partial charge in [0.1, 0.15) is 0 Å². The summed E-state index contributed by atoms with van der Waals surface area (Å²) in [6.07, 6.45) is 6.50. The van der Waals surface area contributed by atoms with Gasteiger partial charge in [0.15, 0.2) is 5.82 Å². The predicted octanol–water partition coefficient (Wildman–Crippen LogP) is 4.37. The number of aromatic nitrogens is 4. The second kappa shape index (κ2) is 8.94. The van der Waals surface area contributed by atoms with E-state index in [1.807, 2.05) is 60.2 Å². The number of amides is 1. The number of nitrogens with one attached hydrogen (secondary N) is 2. The highest BCUT2D eigenvalue weighted by Gasteiger charge is 2.39. The van der Waals surface area contributed by atoms with Crippen LogP contribution in [0, 0.1) is 12.8 Å². The lowest BCUT2D eigenvalue weighted by molar-refractivity contribution is -0.122. The normalized spacial score (nSPS) is 25.5. The first-order valence-corrected chi connectivity index (χ1v) is 12.1. The fourth-order valence-corrected chi connectivity index (χ4v) is 6.50. The lowest BCUT2D eigenvalue weighted by Crippen LogP contribution is -2.37. The second-order valence-electron chi connectivity index (χ2n) is 8.65. The zero-order valence-electron chi connectivity index (χ0n) is 18.4. The Morgan fingerprint density at radius 1 is 1.19 bits per heavy atom. The monoisotopic (exact) mass is 448 g/mol. The molecule has 0 radical (unpaired) electrons. The summed E-state index contributed by atoms with van der Waals surface area (Å²) in [6.45, 7) is 5.92. The summed E-state index contributed by atoms with van der Waals surface area (Å²) in [5, 5.41) is 12.1. The Balaban J connectivity index is 1.53. The van der Waals surface area contributed by atoms with E-state index in [4.69, 9.17) is 0 Å². The van der Waals surface area contributed by atoms with Crippen LogP contribution in [0.3, 0.4) is 0 Å². The molecule has 4 atom stereocenters. The third kappa shape index (κ3) is 3.88. The molecule has 0 bridgehead atoms. The van der Waals surface area contributed by atoms with E-state index in [9.17, 15) is 4.79 Å². The number of H-pyrrole nitrogens is 1. The Morgan fingerprint density at radius 3 is 2.84 bits per heavy atom. The maximum atomic E-state index is 11.9. The Bertz CT molecular complexity index is 1090. The average molecular weight is 449 g/mol. The number of hydrogen-bond acceptors (Lipinski definition) is 6. The van der Waals surface area contributed by atoms with Gasteiger partial charge >= 0.3 is 0 Å². The van der Waals surface area contributed by atoms with Crippen molar-refractivity contribution in [2.24, 2.45) is 5.92 Å². The molecule has 0 spiro atoms. The lowest BCUT2D eigenvalue weighted by atomic mass is 9.82. The first-order valence-electron chi connectivity index (χ1n) is 11.2. The fraction of sp³-hybridized carbons (Fsp3) is 0.417. The molecular formula is C24H28N6OS. The van der Waals surface area contributed by atoms with E-state index in [-0.39, 0.29) is 11.3 Å². The quantitative estimate of drug-likeness (QED) is 0.576. The molecule has 7 nitrogen and oxygen atoms in total. The SMILES string of the molecule is Cc1ncccc1C1CC(C2SC(C)CNc3n[nH]c(-c4ccccn4)c32)CCN1C=O. The molecular weight excluding hydrogens is 420 g/mol. The molecule has 1 amide bonds. The number of rotatable bonds is 4. The lowest BCUT2D eigenvalue weighted by Gasteiger charge is -2.41. The van der Waals surface area contributed by atoms with Crippen LogP contribution in [0.2, 0.25) is 0 Å². The molecule has 4 unspecified atom stereocenters. The molecule has 0 aliphatic carbocycles. The molecule has 0 aromatic carbocycles.